The smallest absolute Gasteiger partial charge is 0.272 e. The molecule has 0 atom stereocenters. The summed E-state index contributed by atoms with van der Waals surface area (Å²) in [6.45, 7) is 4.10. The Morgan fingerprint density at radius 1 is 1.32 bits per heavy atom. The Morgan fingerprint density at radius 3 is 2.47 bits per heavy atom. The first-order valence-corrected chi connectivity index (χ1v) is 8.04. The second-order valence-corrected chi connectivity index (χ2v) is 6.47. The predicted octanol–water partition coefficient (Wildman–Crippen LogP) is -0.380. The maximum atomic E-state index is 12.3. The van der Waals surface area contributed by atoms with Gasteiger partial charge in [0.1, 0.15) is 5.69 Å². The highest BCUT2D eigenvalue weighted by Gasteiger charge is 2.27. The van der Waals surface area contributed by atoms with E-state index in [2.05, 4.69) is 5.10 Å². The Balaban J connectivity index is 2.04. The van der Waals surface area contributed by atoms with Gasteiger partial charge in [0.25, 0.3) is 5.91 Å². The molecular weight excluding hydrogens is 268 g/mol. The van der Waals surface area contributed by atoms with Crippen LogP contribution in [0.3, 0.4) is 0 Å². The molecule has 0 aliphatic carbocycles. The van der Waals surface area contributed by atoms with E-state index in [9.17, 15) is 13.2 Å². The van der Waals surface area contributed by atoms with E-state index in [4.69, 9.17) is 0 Å². The molecule has 2 rings (SSSR count). The van der Waals surface area contributed by atoms with Crippen LogP contribution < -0.4 is 0 Å². The molecule has 19 heavy (non-hydrogen) atoms. The van der Waals surface area contributed by atoms with Crippen molar-refractivity contribution >= 4 is 15.9 Å². The van der Waals surface area contributed by atoms with Gasteiger partial charge < -0.3 is 4.90 Å². The molecule has 1 saturated heterocycles. The molecule has 1 aliphatic rings. The molecule has 1 fully saturated rings. The zero-order valence-electron chi connectivity index (χ0n) is 11.1. The Labute approximate surface area is 112 Å². The third-order valence-electron chi connectivity index (χ3n) is 3.23. The maximum absolute atomic E-state index is 12.3. The van der Waals surface area contributed by atoms with Crippen LogP contribution in [0, 0.1) is 0 Å². The normalized spacial score (nSPS) is 17.7. The molecule has 1 aliphatic heterocycles. The molecule has 7 nitrogen and oxygen atoms in total. The SMILES string of the molecule is CCn1nccc1C(=O)N1CCN(S(C)(=O)=O)CC1. The number of rotatable bonds is 3. The molecule has 1 aromatic heterocycles. The van der Waals surface area contributed by atoms with E-state index < -0.39 is 10.0 Å². The van der Waals surface area contributed by atoms with Crippen LogP contribution in [0.25, 0.3) is 0 Å². The van der Waals surface area contributed by atoms with Gasteiger partial charge in [-0.25, -0.2) is 8.42 Å². The lowest BCUT2D eigenvalue weighted by Gasteiger charge is -2.33. The number of nitrogens with zero attached hydrogens (tertiary/aromatic N) is 4. The van der Waals surface area contributed by atoms with Crippen molar-refractivity contribution in [2.75, 3.05) is 32.4 Å². The van der Waals surface area contributed by atoms with Crippen LogP contribution in [0.1, 0.15) is 17.4 Å². The van der Waals surface area contributed by atoms with Crippen molar-refractivity contribution in [2.24, 2.45) is 0 Å². The van der Waals surface area contributed by atoms with Crippen LogP contribution in [0.2, 0.25) is 0 Å². The summed E-state index contributed by atoms with van der Waals surface area (Å²) in [5, 5.41) is 4.07. The van der Waals surface area contributed by atoms with E-state index in [0.717, 1.165) is 0 Å². The average Bonchev–Trinajstić information content (AvgIpc) is 2.85. The fraction of sp³-hybridized carbons (Fsp3) is 0.636. The highest BCUT2D eigenvalue weighted by molar-refractivity contribution is 7.88. The van der Waals surface area contributed by atoms with Gasteiger partial charge in [0.15, 0.2) is 0 Å². The Bertz CT molecular complexity index is 558. The largest absolute Gasteiger partial charge is 0.335 e. The highest BCUT2D eigenvalue weighted by Crippen LogP contribution is 2.10. The third kappa shape index (κ3) is 2.95. The summed E-state index contributed by atoms with van der Waals surface area (Å²) in [5.41, 5.74) is 0.551. The van der Waals surface area contributed by atoms with E-state index in [0.29, 0.717) is 38.4 Å². The number of amides is 1. The summed E-state index contributed by atoms with van der Waals surface area (Å²) < 4.78 is 25.8. The van der Waals surface area contributed by atoms with Gasteiger partial charge in [0.2, 0.25) is 10.0 Å². The lowest BCUT2D eigenvalue weighted by atomic mass is 10.3. The lowest BCUT2D eigenvalue weighted by molar-refractivity contribution is 0.0686. The van der Waals surface area contributed by atoms with Gasteiger partial charge in [-0.3, -0.25) is 9.48 Å². The molecule has 0 radical (unpaired) electrons. The Morgan fingerprint density at radius 2 is 1.95 bits per heavy atom. The van der Waals surface area contributed by atoms with Gasteiger partial charge in [0.05, 0.1) is 6.26 Å². The minimum absolute atomic E-state index is 0.0903. The topological polar surface area (TPSA) is 75.5 Å². The predicted molar refractivity (Wildman–Crippen MR) is 70.2 cm³/mol. The van der Waals surface area contributed by atoms with E-state index in [-0.39, 0.29) is 5.91 Å². The van der Waals surface area contributed by atoms with Crippen LogP contribution in [0.15, 0.2) is 12.3 Å². The number of carbonyl (C=O) groups is 1. The Hall–Kier alpha value is -1.41. The zero-order chi connectivity index (χ0) is 14.0. The number of hydrogen-bond donors (Lipinski definition) is 0. The first-order valence-electron chi connectivity index (χ1n) is 6.19. The molecule has 1 amide bonds. The minimum Gasteiger partial charge on any atom is -0.335 e. The summed E-state index contributed by atoms with van der Waals surface area (Å²) in [5.74, 6) is -0.0903. The number of aryl methyl sites for hydroxylation is 1. The minimum atomic E-state index is -3.16. The fourth-order valence-corrected chi connectivity index (χ4v) is 2.98. The van der Waals surface area contributed by atoms with Crippen LogP contribution in [-0.2, 0) is 16.6 Å². The van der Waals surface area contributed by atoms with Gasteiger partial charge in [-0.05, 0) is 13.0 Å². The van der Waals surface area contributed by atoms with Gasteiger partial charge in [-0.2, -0.15) is 9.40 Å². The molecule has 0 bridgehead atoms. The van der Waals surface area contributed by atoms with Crippen molar-refractivity contribution in [3.63, 3.8) is 0 Å². The second-order valence-electron chi connectivity index (χ2n) is 4.49. The van der Waals surface area contributed by atoms with Crippen molar-refractivity contribution in [2.45, 2.75) is 13.5 Å². The Kier molecular flexibility index (Phi) is 3.91. The third-order valence-corrected chi connectivity index (χ3v) is 4.53. The van der Waals surface area contributed by atoms with Gasteiger partial charge in [-0.1, -0.05) is 0 Å². The van der Waals surface area contributed by atoms with Crippen molar-refractivity contribution in [3.05, 3.63) is 18.0 Å². The summed E-state index contributed by atoms with van der Waals surface area (Å²) in [4.78, 5) is 14.0. The molecule has 8 heteroatoms. The van der Waals surface area contributed by atoms with Crippen LogP contribution in [0.4, 0.5) is 0 Å². The van der Waals surface area contributed by atoms with Gasteiger partial charge >= 0.3 is 0 Å². The molecule has 0 saturated carbocycles. The molecule has 1 aromatic rings. The quantitative estimate of drug-likeness (QED) is 0.759. The second kappa shape index (κ2) is 5.30. The summed E-state index contributed by atoms with van der Waals surface area (Å²) in [6, 6.07) is 1.69. The van der Waals surface area contributed by atoms with Crippen molar-refractivity contribution in [3.8, 4) is 0 Å². The first kappa shape index (κ1) is 14.0. The molecular formula is C11H18N4O3S. The van der Waals surface area contributed by atoms with E-state index in [1.54, 1.807) is 21.8 Å². The van der Waals surface area contributed by atoms with Crippen molar-refractivity contribution in [1.29, 1.82) is 0 Å². The molecule has 0 unspecified atom stereocenters. The molecule has 2 heterocycles. The average molecular weight is 286 g/mol. The number of piperazine rings is 1. The van der Waals surface area contributed by atoms with Crippen molar-refractivity contribution in [1.82, 2.24) is 19.0 Å². The van der Waals surface area contributed by atoms with Crippen LogP contribution in [-0.4, -0.2) is 65.7 Å². The lowest BCUT2D eigenvalue weighted by Crippen LogP contribution is -2.50. The van der Waals surface area contributed by atoms with E-state index >= 15 is 0 Å². The van der Waals surface area contributed by atoms with Gasteiger partial charge in [0, 0.05) is 38.9 Å². The summed E-state index contributed by atoms with van der Waals surface area (Å²) in [7, 11) is -3.16. The standard InChI is InChI=1S/C11H18N4O3S/c1-3-15-10(4-5-12-15)11(16)13-6-8-14(9-7-13)19(2,17)18/h4-5H,3,6-9H2,1-2H3. The maximum Gasteiger partial charge on any atom is 0.272 e. The summed E-state index contributed by atoms with van der Waals surface area (Å²) in [6.07, 6.45) is 2.79. The van der Waals surface area contributed by atoms with Crippen molar-refractivity contribution < 1.29 is 13.2 Å². The molecule has 0 spiro atoms. The molecule has 0 aromatic carbocycles. The summed E-state index contributed by atoms with van der Waals surface area (Å²) >= 11 is 0. The van der Waals surface area contributed by atoms with E-state index in [1.165, 1.54) is 10.6 Å². The fourth-order valence-electron chi connectivity index (χ4n) is 2.15. The number of hydrogen-bond acceptors (Lipinski definition) is 4. The first-order chi connectivity index (χ1) is 8.93. The number of sulfonamides is 1. The highest BCUT2D eigenvalue weighted by atomic mass is 32.2. The molecule has 0 N–H and O–H groups in total. The molecule has 106 valence electrons. The number of aromatic nitrogens is 2. The van der Waals surface area contributed by atoms with Crippen LogP contribution >= 0.6 is 0 Å². The van der Waals surface area contributed by atoms with E-state index in [1.807, 2.05) is 6.92 Å². The van der Waals surface area contributed by atoms with Gasteiger partial charge in [-0.15, -0.1) is 0 Å². The monoisotopic (exact) mass is 286 g/mol. The number of carbonyl (C=O) groups excluding carboxylic acids is 1. The van der Waals surface area contributed by atoms with Crippen LogP contribution in [0.5, 0.6) is 0 Å². The zero-order valence-corrected chi connectivity index (χ0v) is 11.9.